The van der Waals surface area contributed by atoms with Gasteiger partial charge in [0.2, 0.25) is 6.79 Å². The molecule has 1 heterocycles. The van der Waals surface area contributed by atoms with E-state index in [1.165, 1.54) is 0 Å². The van der Waals surface area contributed by atoms with Crippen LogP contribution in [-0.2, 0) is 19.7 Å². The summed E-state index contributed by atoms with van der Waals surface area (Å²) in [6, 6.07) is 19.5. The van der Waals surface area contributed by atoms with E-state index < -0.39 is 0 Å². The summed E-state index contributed by atoms with van der Waals surface area (Å²) in [4.78, 5) is 0. The first kappa shape index (κ1) is 22.1. The maximum atomic E-state index is 6.10. The second-order valence-electron chi connectivity index (χ2n) is 6.65. The fourth-order valence-electron chi connectivity index (χ4n) is 3.15. The minimum Gasteiger partial charge on any atom is -1.00 e. The van der Waals surface area contributed by atoms with Crippen LogP contribution in [0.2, 0.25) is 5.02 Å². The van der Waals surface area contributed by atoms with Gasteiger partial charge in [-0.1, -0.05) is 41.9 Å². The Hall–Kier alpha value is -2.60. The molecule has 0 spiro atoms. The van der Waals surface area contributed by atoms with E-state index in [2.05, 4.69) is 5.32 Å². The number of nitrogens with one attached hydrogen (secondary N) is 1. The Kier molecular flexibility index (Phi) is 7.69. The number of methoxy groups -OCH3 is 1. The predicted molar refractivity (Wildman–Crippen MR) is 112 cm³/mol. The predicted octanol–water partition coefficient (Wildman–Crippen LogP) is 1.95. The van der Waals surface area contributed by atoms with Crippen LogP contribution in [0.1, 0.15) is 16.7 Å². The first-order valence-electron chi connectivity index (χ1n) is 9.35. The number of halogens is 2. The van der Waals surface area contributed by atoms with Gasteiger partial charge in [-0.15, -0.1) is 0 Å². The molecule has 0 radical (unpaired) electrons. The normalized spacial score (nSPS) is 11.7. The molecule has 4 rings (SSSR count). The second kappa shape index (κ2) is 10.4. The van der Waals surface area contributed by atoms with Gasteiger partial charge in [-0.2, -0.15) is 0 Å². The average molecular weight is 447 g/mol. The summed E-state index contributed by atoms with van der Waals surface area (Å²) in [6.45, 7) is 2.06. The molecule has 0 aliphatic carbocycles. The van der Waals surface area contributed by atoms with Crippen molar-refractivity contribution < 1.29 is 31.4 Å². The van der Waals surface area contributed by atoms with Gasteiger partial charge in [0.15, 0.2) is 23.0 Å². The Balaban J connectivity index is 0.00000256. The zero-order valence-electron chi connectivity index (χ0n) is 16.5. The van der Waals surface area contributed by atoms with E-state index in [1.54, 1.807) is 7.11 Å². The van der Waals surface area contributed by atoms with Crippen LogP contribution >= 0.6 is 11.6 Å². The van der Waals surface area contributed by atoms with Crippen LogP contribution in [0.4, 0.5) is 0 Å². The molecule has 0 aromatic heterocycles. The molecular weight excluding hydrogens is 425 g/mol. The minimum atomic E-state index is 0. The Morgan fingerprint density at radius 1 is 0.933 bits per heavy atom. The smallest absolute Gasteiger partial charge is 0.231 e. The maximum absolute atomic E-state index is 6.10. The largest absolute Gasteiger partial charge is 1.00 e. The van der Waals surface area contributed by atoms with Crippen LogP contribution in [0.15, 0.2) is 60.7 Å². The molecule has 0 saturated carbocycles. The summed E-state index contributed by atoms with van der Waals surface area (Å²) in [6.07, 6.45) is 0. The van der Waals surface area contributed by atoms with Gasteiger partial charge in [-0.3, -0.25) is 0 Å². The molecule has 3 aromatic carbocycles. The Labute approximate surface area is 187 Å². The maximum Gasteiger partial charge on any atom is 0.231 e. The highest BCUT2D eigenvalue weighted by molar-refractivity contribution is 6.30. The van der Waals surface area contributed by atoms with E-state index in [0.717, 1.165) is 33.9 Å². The lowest BCUT2D eigenvalue weighted by atomic mass is 10.1. The van der Waals surface area contributed by atoms with E-state index in [1.807, 2.05) is 60.7 Å². The number of hydrogen-bond acceptors (Lipinski definition) is 5. The minimum absolute atomic E-state index is 0. The highest BCUT2D eigenvalue weighted by Crippen LogP contribution is 2.33. The summed E-state index contributed by atoms with van der Waals surface area (Å²) in [7, 11) is 1.65. The summed E-state index contributed by atoms with van der Waals surface area (Å²) in [5, 5.41) is 4.16. The van der Waals surface area contributed by atoms with Crippen molar-refractivity contribution in [2.24, 2.45) is 0 Å². The number of ether oxygens (including phenoxy) is 4. The molecule has 1 aliphatic rings. The SMILES string of the molecule is COc1cccc(CNCc2ccc3c(c2)OCO3)c1OCc1ccc(Cl)cc1.[Cl-]. The molecule has 5 nitrogen and oxygen atoms in total. The zero-order valence-corrected chi connectivity index (χ0v) is 18.0. The van der Waals surface area contributed by atoms with Gasteiger partial charge in [-0.25, -0.2) is 0 Å². The van der Waals surface area contributed by atoms with Gasteiger partial charge >= 0.3 is 0 Å². The van der Waals surface area contributed by atoms with Gasteiger partial charge in [0, 0.05) is 23.7 Å². The van der Waals surface area contributed by atoms with Crippen molar-refractivity contribution in [2.45, 2.75) is 19.7 Å². The standard InChI is InChI=1S/C23H22ClNO4.ClH/c1-26-21-4-2-3-18(23(21)27-14-16-5-8-19(24)9-6-16)13-25-12-17-7-10-20-22(11-17)29-15-28-20;/h2-11,25H,12-15H2,1H3;1H/p-1. The zero-order chi connectivity index (χ0) is 20.1. The lowest BCUT2D eigenvalue weighted by molar-refractivity contribution is -0.00000782. The molecule has 158 valence electrons. The van der Waals surface area contributed by atoms with E-state index in [4.69, 9.17) is 30.5 Å². The van der Waals surface area contributed by atoms with Gasteiger partial charge in [-0.05, 0) is 41.5 Å². The van der Waals surface area contributed by atoms with Gasteiger partial charge in [0.25, 0.3) is 0 Å². The Morgan fingerprint density at radius 3 is 2.50 bits per heavy atom. The van der Waals surface area contributed by atoms with E-state index in [-0.39, 0.29) is 19.2 Å². The summed E-state index contributed by atoms with van der Waals surface area (Å²) >= 11 is 5.96. The molecule has 30 heavy (non-hydrogen) atoms. The molecule has 1 aliphatic heterocycles. The lowest BCUT2D eigenvalue weighted by Gasteiger charge is -2.16. The summed E-state index contributed by atoms with van der Waals surface area (Å²) < 4.78 is 22.4. The quantitative estimate of drug-likeness (QED) is 0.572. The molecule has 0 atom stereocenters. The first-order chi connectivity index (χ1) is 14.2. The molecular formula is C23H22Cl2NO4-. The molecule has 0 bridgehead atoms. The van der Waals surface area contributed by atoms with Crippen molar-refractivity contribution in [3.8, 4) is 23.0 Å². The third-order valence-electron chi connectivity index (χ3n) is 4.66. The molecule has 3 aromatic rings. The third kappa shape index (κ3) is 5.30. The van der Waals surface area contributed by atoms with Crippen LogP contribution < -0.4 is 36.7 Å². The summed E-state index contributed by atoms with van der Waals surface area (Å²) in [5.41, 5.74) is 3.19. The number of benzene rings is 3. The molecule has 1 N–H and O–H groups in total. The van der Waals surface area contributed by atoms with Crippen molar-refractivity contribution in [3.05, 3.63) is 82.4 Å². The molecule has 0 saturated heterocycles. The molecule has 0 fully saturated rings. The van der Waals surface area contributed by atoms with Crippen molar-refractivity contribution in [3.63, 3.8) is 0 Å². The number of rotatable bonds is 8. The molecule has 7 heteroatoms. The average Bonchev–Trinajstić information content (AvgIpc) is 3.21. The highest BCUT2D eigenvalue weighted by atomic mass is 35.5. The second-order valence-corrected chi connectivity index (χ2v) is 7.09. The Bertz CT molecular complexity index is 979. The molecule has 0 unspecified atom stereocenters. The van der Waals surface area contributed by atoms with E-state index >= 15 is 0 Å². The fraction of sp³-hybridized carbons (Fsp3) is 0.217. The van der Waals surface area contributed by atoms with Crippen molar-refractivity contribution in [1.29, 1.82) is 0 Å². The summed E-state index contributed by atoms with van der Waals surface area (Å²) in [5.74, 6) is 3.03. The fourth-order valence-corrected chi connectivity index (χ4v) is 3.28. The topological polar surface area (TPSA) is 49.0 Å². The van der Waals surface area contributed by atoms with E-state index in [0.29, 0.717) is 30.5 Å². The van der Waals surface area contributed by atoms with Crippen LogP contribution in [0.5, 0.6) is 23.0 Å². The van der Waals surface area contributed by atoms with E-state index in [9.17, 15) is 0 Å². The Morgan fingerprint density at radius 2 is 1.70 bits per heavy atom. The van der Waals surface area contributed by atoms with Gasteiger partial charge in [0.1, 0.15) is 6.61 Å². The highest BCUT2D eigenvalue weighted by Gasteiger charge is 2.14. The van der Waals surface area contributed by atoms with Crippen LogP contribution in [0, 0.1) is 0 Å². The van der Waals surface area contributed by atoms with Gasteiger partial charge < -0.3 is 36.7 Å². The van der Waals surface area contributed by atoms with Crippen LogP contribution in [-0.4, -0.2) is 13.9 Å². The van der Waals surface area contributed by atoms with Crippen molar-refractivity contribution >= 4 is 11.6 Å². The number of fused-ring (bicyclic) bond motifs is 1. The molecule has 0 amide bonds. The first-order valence-corrected chi connectivity index (χ1v) is 9.73. The lowest BCUT2D eigenvalue weighted by Crippen LogP contribution is -3.00. The van der Waals surface area contributed by atoms with Crippen molar-refractivity contribution in [2.75, 3.05) is 13.9 Å². The van der Waals surface area contributed by atoms with Crippen molar-refractivity contribution in [1.82, 2.24) is 5.32 Å². The monoisotopic (exact) mass is 446 g/mol. The number of hydrogen-bond donors (Lipinski definition) is 1. The number of para-hydroxylation sites is 1. The van der Waals surface area contributed by atoms with Gasteiger partial charge in [0.05, 0.1) is 7.11 Å². The van der Waals surface area contributed by atoms with Crippen LogP contribution in [0.3, 0.4) is 0 Å². The third-order valence-corrected chi connectivity index (χ3v) is 4.91. The van der Waals surface area contributed by atoms with Crippen LogP contribution in [0.25, 0.3) is 0 Å².